The van der Waals surface area contributed by atoms with Gasteiger partial charge < -0.3 is 14.2 Å². The van der Waals surface area contributed by atoms with E-state index in [9.17, 15) is 9.59 Å². The Kier molecular flexibility index (Phi) is 6.58. The van der Waals surface area contributed by atoms with Gasteiger partial charge >= 0.3 is 11.9 Å². The van der Waals surface area contributed by atoms with Crippen LogP contribution in [0.5, 0.6) is 5.75 Å². The quantitative estimate of drug-likeness (QED) is 0.597. The minimum absolute atomic E-state index is 0.182. The van der Waals surface area contributed by atoms with Crippen LogP contribution in [-0.4, -0.2) is 31.3 Å². The topological polar surface area (TPSA) is 61.8 Å². The van der Waals surface area contributed by atoms with Crippen molar-refractivity contribution in [3.8, 4) is 5.75 Å². The molecule has 0 aliphatic carbocycles. The Balaban J connectivity index is 2.73. The van der Waals surface area contributed by atoms with E-state index in [1.165, 1.54) is 33.1 Å². The standard InChI is InChI=1S/C13H13Cl3O5/c1-6(12(17)19-3)21-13(18)7(2)20-11-5-9(15)8(14)4-10(11)16/h4-7H,1-3H3/t6-,7-/m1/s1. The highest BCUT2D eigenvalue weighted by Gasteiger charge is 2.24. The van der Waals surface area contributed by atoms with E-state index in [1.807, 2.05) is 0 Å². The van der Waals surface area contributed by atoms with Crippen molar-refractivity contribution in [1.82, 2.24) is 0 Å². The lowest BCUT2D eigenvalue weighted by Crippen LogP contribution is -2.33. The van der Waals surface area contributed by atoms with E-state index in [0.717, 1.165) is 0 Å². The number of hydrogen-bond donors (Lipinski definition) is 0. The second kappa shape index (κ2) is 7.73. The number of methoxy groups -OCH3 is 1. The minimum atomic E-state index is -1.03. The van der Waals surface area contributed by atoms with E-state index in [4.69, 9.17) is 44.3 Å². The van der Waals surface area contributed by atoms with E-state index in [-0.39, 0.29) is 20.8 Å². The van der Waals surface area contributed by atoms with Crippen LogP contribution in [0, 0.1) is 0 Å². The number of halogens is 3. The van der Waals surface area contributed by atoms with Crippen LogP contribution in [0.2, 0.25) is 15.1 Å². The maximum absolute atomic E-state index is 11.8. The second-order valence-corrected chi connectivity index (χ2v) is 5.28. The zero-order chi connectivity index (χ0) is 16.2. The van der Waals surface area contributed by atoms with Crippen molar-refractivity contribution < 1.29 is 23.8 Å². The first-order valence-electron chi connectivity index (χ1n) is 5.85. The maximum atomic E-state index is 11.8. The van der Waals surface area contributed by atoms with E-state index in [0.29, 0.717) is 0 Å². The summed E-state index contributed by atoms with van der Waals surface area (Å²) in [5.74, 6) is -1.22. The normalized spacial score (nSPS) is 13.2. The maximum Gasteiger partial charge on any atom is 0.347 e. The molecule has 0 fully saturated rings. The van der Waals surface area contributed by atoms with Crippen LogP contribution in [0.25, 0.3) is 0 Å². The molecule has 0 saturated carbocycles. The molecule has 8 heteroatoms. The van der Waals surface area contributed by atoms with Gasteiger partial charge in [0.1, 0.15) is 5.75 Å². The average Bonchev–Trinajstić information content (AvgIpc) is 2.43. The summed E-state index contributed by atoms with van der Waals surface area (Å²) in [6.07, 6.45) is -2.02. The van der Waals surface area contributed by atoms with Crippen LogP contribution in [0.15, 0.2) is 12.1 Å². The SMILES string of the molecule is COC(=O)[C@@H](C)OC(=O)[C@@H](C)Oc1cc(Cl)c(Cl)cc1Cl. The molecule has 0 heterocycles. The Morgan fingerprint density at radius 3 is 2.10 bits per heavy atom. The molecule has 1 rings (SSSR count). The summed E-state index contributed by atoms with van der Waals surface area (Å²) >= 11 is 17.6. The molecule has 0 saturated heterocycles. The van der Waals surface area contributed by atoms with E-state index >= 15 is 0 Å². The van der Waals surface area contributed by atoms with Crippen molar-refractivity contribution in [2.45, 2.75) is 26.1 Å². The molecule has 21 heavy (non-hydrogen) atoms. The number of benzene rings is 1. The average molecular weight is 356 g/mol. The van der Waals surface area contributed by atoms with Gasteiger partial charge in [-0.1, -0.05) is 34.8 Å². The van der Waals surface area contributed by atoms with Gasteiger partial charge in [0.25, 0.3) is 0 Å². The minimum Gasteiger partial charge on any atom is -0.477 e. The molecule has 2 atom stereocenters. The number of esters is 2. The molecule has 0 aliphatic rings. The van der Waals surface area contributed by atoms with Gasteiger partial charge in [-0.3, -0.25) is 0 Å². The zero-order valence-electron chi connectivity index (χ0n) is 11.5. The second-order valence-electron chi connectivity index (χ2n) is 4.06. The molecular weight excluding hydrogens is 342 g/mol. The number of carbonyl (C=O) groups is 2. The molecule has 0 unspecified atom stereocenters. The summed E-state index contributed by atoms with van der Waals surface area (Å²) in [4.78, 5) is 23.0. The Labute approximate surface area is 137 Å². The first-order valence-corrected chi connectivity index (χ1v) is 6.99. The van der Waals surface area contributed by atoms with Gasteiger partial charge in [0.2, 0.25) is 0 Å². The van der Waals surface area contributed by atoms with Crippen LogP contribution < -0.4 is 4.74 Å². The molecule has 0 aromatic heterocycles. The lowest BCUT2D eigenvalue weighted by Gasteiger charge is -2.17. The fraction of sp³-hybridized carbons (Fsp3) is 0.385. The number of hydrogen-bond acceptors (Lipinski definition) is 5. The third kappa shape index (κ3) is 4.95. The highest BCUT2D eigenvalue weighted by atomic mass is 35.5. The lowest BCUT2D eigenvalue weighted by molar-refractivity contribution is -0.168. The Morgan fingerprint density at radius 1 is 0.952 bits per heavy atom. The zero-order valence-corrected chi connectivity index (χ0v) is 13.8. The van der Waals surface area contributed by atoms with Gasteiger partial charge in [-0.25, -0.2) is 9.59 Å². The highest BCUT2D eigenvalue weighted by molar-refractivity contribution is 6.43. The van der Waals surface area contributed by atoms with Crippen molar-refractivity contribution in [3.63, 3.8) is 0 Å². The number of carbonyl (C=O) groups excluding carboxylic acids is 2. The van der Waals surface area contributed by atoms with Crippen molar-refractivity contribution in [3.05, 3.63) is 27.2 Å². The molecule has 0 amide bonds. The Bertz CT molecular complexity index is 547. The van der Waals surface area contributed by atoms with Gasteiger partial charge in [0.15, 0.2) is 12.2 Å². The fourth-order valence-electron chi connectivity index (χ4n) is 1.32. The van der Waals surface area contributed by atoms with E-state index in [2.05, 4.69) is 4.74 Å². The molecule has 0 aliphatic heterocycles. The molecule has 0 bridgehead atoms. The summed E-state index contributed by atoms with van der Waals surface area (Å²) in [6, 6.07) is 2.79. The summed E-state index contributed by atoms with van der Waals surface area (Å²) in [6.45, 7) is 2.84. The summed E-state index contributed by atoms with van der Waals surface area (Å²) in [5, 5.41) is 0.702. The van der Waals surface area contributed by atoms with Crippen LogP contribution in [-0.2, 0) is 19.1 Å². The number of ether oxygens (including phenoxy) is 3. The van der Waals surface area contributed by atoms with Gasteiger partial charge in [-0.15, -0.1) is 0 Å². The van der Waals surface area contributed by atoms with E-state index < -0.39 is 24.1 Å². The fourth-order valence-corrected chi connectivity index (χ4v) is 1.90. The Morgan fingerprint density at radius 2 is 1.52 bits per heavy atom. The van der Waals surface area contributed by atoms with Gasteiger partial charge in [-0.05, 0) is 19.9 Å². The molecule has 0 spiro atoms. The summed E-state index contributed by atoms with van der Waals surface area (Å²) < 4.78 is 14.7. The molecule has 0 N–H and O–H groups in total. The first kappa shape index (κ1) is 17.9. The van der Waals surface area contributed by atoms with Crippen LogP contribution in [0.4, 0.5) is 0 Å². The molecule has 1 aromatic rings. The van der Waals surface area contributed by atoms with Gasteiger partial charge in [-0.2, -0.15) is 0 Å². The predicted octanol–water partition coefficient (Wildman–Crippen LogP) is 3.52. The third-order valence-electron chi connectivity index (χ3n) is 2.44. The van der Waals surface area contributed by atoms with Crippen molar-refractivity contribution in [2.24, 2.45) is 0 Å². The monoisotopic (exact) mass is 354 g/mol. The lowest BCUT2D eigenvalue weighted by atomic mass is 10.3. The van der Waals surface area contributed by atoms with Crippen LogP contribution in [0.3, 0.4) is 0 Å². The van der Waals surface area contributed by atoms with E-state index in [1.54, 1.807) is 0 Å². The molecule has 116 valence electrons. The van der Waals surface area contributed by atoms with Gasteiger partial charge in [0.05, 0.1) is 22.2 Å². The van der Waals surface area contributed by atoms with Crippen LogP contribution >= 0.6 is 34.8 Å². The predicted molar refractivity (Wildman–Crippen MR) is 79.1 cm³/mol. The molecular formula is C13H13Cl3O5. The Hall–Kier alpha value is -1.17. The third-order valence-corrected chi connectivity index (χ3v) is 3.45. The smallest absolute Gasteiger partial charge is 0.347 e. The first-order chi connectivity index (χ1) is 9.76. The molecule has 1 aromatic carbocycles. The largest absolute Gasteiger partial charge is 0.477 e. The summed E-state index contributed by atoms with van der Waals surface area (Å²) in [7, 11) is 1.20. The van der Waals surface area contributed by atoms with Gasteiger partial charge in [0, 0.05) is 6.07 Å². The molecule has 0 radical (unpaired) electrons. The van der Waals surface area contributed by atoms with Crippen molar-refractivity contribution >= 4 is 46.7 Å². The molecule has 5 nitrogen and oxygen atoms in total. The summed E-state index contributed by atoms with van der Waals surface area (Å²) in [5.41, 5.74) is 0. The van der Waals surface area contributed by atoms with Crippen molar-refractivity contribution in [2.75, 3.05) is 7.11 Å². The number of rotatable bonds is 5. The highest BCUT2D eigenvalue weighted by Crippen LogP contribution is 2.34. The van der Waals surface area contributed by atoms with Crippen LogP contribution in [0.1, 0.15) is 13.8 Å². The van der Waals surface area contributed by atoms with Crippen molar-refractivity contribution in [1.29, 1.82) is 0 Å².